The molecule has 1 unspecified atom stereocenters. The molecule has 1 aliphatic rings. The van der Waals surface area contributed by atoms with Crippen LogP contribution in [0.15, 0.2) is 18.3 Å². The SMILES string of the molecule is CN(C)C(=O)c1ccc(N2CCC(CC(=O)O)C2)nc1. The quantitative estimate of drug-likeness (QED) is 0.891. The lowest BCUT2D eigenvalue weighted by molar-refractivity contribution is -0.137. The van der Waals surface area contributed by atoms with Gasteiger partial charge in [0.25, 0.3) is 5.91 Å². The van der Waals surface area contributed by atoms with Gasteiger partial charge in [0.15, 0.2) is 0 Å². The molecular formula is C14H19N3O3. The number of hydrogen-bond donors (Lipinski definition) is 1. The van der Waals surface area contributed by atoms with Crippen LogP contribution in [-0.2, 0) is 4.79 Å². The lowest BCUT2D eigenvalue weighted by Crippen LogP contribution is -2.23. The fraction of sp³-hybridized carbons (Fsp3) is 0.500. The number of carboxylic acid groups (broad SMARTS) is 1. The van der Waals surface area contributed by atoms with Crippen molar-refractivity contribution in [1.82, 2.24) is 9.88 Å². The van der Waals surface area contributed by atoms with E-state index in [4.69, 9.17) is 5.11 Å². The van der Waals surface area contributed by atoms with E-state index in [1.807, 2.05) is 6.07 Å². The molecule has 1 saturated heterocycles. The van der Waals surface area contributed by atoms with E-state index < -0.39 is 5.97 Å². The topological polar surface area (TPSA) is 73.7 Å². The summed E-state index contributed by atoms with van der Waals surface area (Å²) in [4.78, 5) is 30.3. The summed E-state index contributed by atoms with van der Waals surface area (Å²) in [5.41, 5.74) is 0.556. The van der Waals surface area contributed by atoms with Crippen molar-refractivity contribution in [2.45, 2.75) is 12.8 Å². The summed E-state index contributed by atoms with van der Waals surface area (Å²) in [7, 11) is 3.40. The smallest absolute Gasteiger partial charge is 0.303 e. The first-order chi connectivity index (χ1) is 9.47. The van der Waals surface area contributed by atoms with Crippen molar-refractivity contribution in [3.8, 4) is 0 Å². The second-order valence-electron chi connectivity index (χ2n) is 5.30. The number of amides is 1. The average Bonchev–Trinajstić information content (AvgIpc) is 2.85. The Morgan fingerprint density at radius 1 is 1.45 bits per heavy atom. The standard InChI is InChI=1S/C14H19N3O3/c1-16(2)14(20)11-3-4-12(15-8-11)17-6-5-10(9-17)7-13(18)19/h3-4,8,10H,5-7,9H2,1-2H3,(H,18,19). The summed E-state index contributed by atoms with van der Waals surface area (Å²) < 4.78 is 0. The molecule has 20 heavy (non-hydrogen) atoms. The van der Waals surface area contributed by atoms with Crippen molar-refractivity contribution in [3.63, 3.8) is 0 Å². The fourth-order valence-corrected chi connectivity index (χ4v) is 2.41. The number of rotatable bonds is 4. The Balaban J connectivity index is 2.01. The third kappa shape index (κ3) is 3.26. The van der Waals surface area contributed by atoms with E-state index >= 15 is 0 Å². The molecule has 1 aromatic heterocycles. The third-order valence-electron chi connectivity index (χ3n) is 3.47. The summed E-state index contributed by atoms with van der Waals surface area (Å²) >= 11 is 0. The van der Waals surface area contributed by atoms with Crippen LogP contribution in [0.1, 0.15) is 23.2 Å². The molecule has 1 atom stereocenters. The van der Waals surface area contributed by atoms with E-state index in [1.54, 1.807) is 26.4 Å². The number of anilines is 1. The van der Waals surface area contributed by atoms with Gasteiger partial charge in [-0.2, -0.15) is 0 Å². The zero-order valence-corrected chi connectivity index (χ0v) is 11.7. The van der Waals surface area contributed by atoms with Gasteiger partial charge in [0.1, 0.15) is 5.82 Å². The summed E-state index contributed by atoms with van der Waals surface area (Å²) in [6.45, 7) is 1.52. The molecule has 0 saturated carbocycles. The van der Waals surface area contributed by atoms with Crippen molar-refractivity contribution in [3.05, 3.63) is 23.9 Å². The van der Waals surface area contributed by atoms with Gasteiger partial charge in [-0.15, -0.1) is 0 Å². The second-order valence-corrected chi connectivity index (χ2v) is 5.30. The second kappa shape index (κ2) is 5.90. The Labute approximate surface area is 118 Å². The maximum Gasteiger partial charge on any atom is 0.303 e. The number of pyridine rings is 1. The van der Waals surface area contributed by atoms with Crippen LogP contribution in [0.4, 0.5) is 5.82 Å². The molecule has 1 aliphatic heterocycles. The van der Waals surface area contributed by atoms with Crippen molar-refractivity contribution < 1.29 is 14.7 Å². The Hall–Kier alpha value is -2.11. The average molecular weight is 277 g/mol. The molecule has 0 aromatic carbocycles. The number of carbonyl (C=O) groups is 2. The van der Waals surface area contributed by atoms with Gasteiger partial charge in [-0.05, 0) is 24.5 Å². The van der Waals surface area contributed by atoms with Gasteiger partial charge in [-0.3, -0.25) is 9.59 Å². The van der Waals surface area contributed by atoms with Crippen LogP contribution in [0.2, 0.25) is 0 Å². The zero-order chi connectivity index (χ0) is 14.7. The Morgan fingerprint density at radius 2 is 2.20 bits per heavy atom. The highest BCUT2D eigenvalue weighted by Gasteiger charge is 2.25. The molecule has 6 heteroatoms. The minimum Gasteiger partial charge on any atom is -0.481 e. The Bertz CT molecular complexity index is 499. The van der Waals surface area contributed by atoms with Crippen molar-refractivity contribution >= 4 is 17.7 Å². The number of hydrogen-bond acceptors (Lipinski definition) is 4. The highest BCUT2D eigenvalue weighted by molar-refractivity contribution is 5.93. The Morgan fingerprint density at radius 3 is 2.75 bits per heavy atom. The van der Waals surface area contributed by atoms with Crippen molar-refractivity contribution in [2.24, 2.45) is 5.92 Å². The van der Waals surface area contributed by atoms with Crippen molar-refractivity contribution in [2.75, 3.05) is 32.1 Å². The molecular weight excluding hydrogens is 258 g/mol. The van der Waals surface area contributed by atoms with E-state index in [0.717, 1.165) is 18.8 Å². The van der Waals surface area contributed by atoms with Crippen LogP contribution in [-0.4, -0.2) is 54.1 Å². The van der Waals surface area contributed by atoms with E-state index in [1.165, 1.54) is 4.90 Å². The molecule has 108 valence electrons. The van der Waals surface area contributed by atoms with E-state index in [0.29, 0.717) is 12.1 Å². The van der Waals surface area contributed by atoms with Crippen molar-refractivity contribution in [1.29, 1.82) is 0 Å². The monoisotopic (exact) mass is 277 g/mol. The number of carbonyl (C=O) groups excluding carboxylic acids is 1. The molecule has 0 spiro atoms. The van der Waals surface area contributed by atoms with E-state index in [2.05, 4.69) is 9.88 Å². The summed E-state index contributed by atoms with van der Waals surface area (Å²) in [6, 6.07) is 3.58. The maximum atomic E-state index is 11.8. The third-order valence-corrected chi connectivity index (χ3v) is 3.47. The Kier molecular flexibility index (Phi) is 4.22. The van der Waals surface area contributed by atoms with Gasteiger partial charge in [-0.25, -0.2) is 4.98 Å². The minimum atomic E-state index is -0.753. The van der Waals surface area contributed by atoms with Gasteiger partial charge >= 0.3 is 5.97 Å². The van der Waals surface area contributed by atoms with Gasteiger partial charge in [0, 0.05) is 39.8 Å². The fourth-order valence-electron chi connectivity index (χ4n) is 2.41. The van der Waals surface area contributed by atoms with Crippen LogP contribution in [0.5, 0.6) is 0 Å². The predicted molar refractivity (Wildman–Crippen MR) is 74.8 cm³/mol. The summed E-state index contributed by atoms with van der Waals surface area (Å²) in [5.74, 6) is 0.150. The number of aliphatic carboxylic acids is 1. The first-order valence-corrected chi connectivity index (χ1v) is 6.62. The van der Waals surface area contributed by atoms with E-state index in [-0.39, 0.29) is 18.2 Å². The molecule has 1 N–H and O–H groups in total. The van der Waals surface area contributed by atoms with Gasteiger partial charge in [0.05, 0.1) is 5.56 Å². The number of carboxylic acids is 1. The van der Waals surface area contributed by atoms with Crippen LogP contribution >= 0.6 is 0 Å². The van der Waals surface area contributed by atoms with Crippen LogP contribution < -0.4 is 4.90 Å². The molecule has 1 fully saturated rings. The van der Waals surface area contributed by atoms with Crippen LogP contribution in [0.25, 0.3) is 0 Å². The van der Waals surface area contributed by atoms with E-state index in [9.17, 15) is 9.59 Å². The molecule has 2 heterocycles. The molecule has 0 aliphatic carbocycles. The number of aromatic nitrogens is 1. The predicted octanol–water partition coefficient (Wildman–Crippen LogP) is 1.08. The maximum absolute atomic E-state index is 11.8. The highest BCUT2D eigenvalue weighted by Crippen LogP contribution is 2.24. The summed E-state index contributed by atoms with van der Waals surface area (Å²) in [6.07, 6.45) is 2.64. The zero-order valence-electron chi connectivity index (χ0n) is 11.7. The summed E-state index contributed by atoms with van der Waals surface area (Å²) in [5, 5.41) is 8.80. The van der Waals surface area contributed by atoms with Crippen LogP contribution in [0, 0.1) is 5.92 Å². The normalized spacial score (nSPS) is 18.1. The van der Waals surface area contributed by atoms with Gasteiger partial charge in [0.2, 0.25) is 0 Å². The first-order valence-electron chi connectivity index (χ1n) is 6.62. The lowest BCUT2D eigenvalue weighted by Gasteiger charge is -2.17. The lowest BCUT2D eigenvalue weighted by atomic mass is 10.1. The highest BCUT2D eigenvalue weighted by atomic mass is 16.4. The molecule has 1 amide bonds. The van der Waals surface area contributed by atoms with Crippen LogP contribution in [0.3, 0.4) is 0 Å². The molecule has 1 aromatic rings. The molecule has 6 nitrogen and oxygen atoms in total. The number of nitrogens with zero attached hydrogens (tertiary/aromatic N) is 3. The minimum absolute atomic E-state index is 0.0748. The molecule has 0 radical (unpaired) electrons. The van der Waals surface area contributed by atoms with Gasteiger partial charge < -0.3 is 14.9 Å². The molecule has 2 rings (SSSR count). The first kappa shape index (κ1) is 14.3. The van der Waals surface area contributed by atoms with Gasteiger partial charge in [-0.1, -0.05) is 0 Å². The largest absolute Gasteiger partial charge is 0.481 e. The molecule has 0 bridgehead atoms.